The second-order valence-electron chi connectivity index (χ2n) is 9.38. The number of fused-ring (bicyclic) bond motifs is 1. The Balaban J connectivity index is 1.48. The van der Waals surface area contributed by atoms with Gasteiger partial charge < -0.3 is 19.3 Å². The molecule has 192 valence electrons. The number of nitrogens with zero attached hydrogens (tertiary/aromatic N) is 6. The predicted octanol–water partition coefficient (Wildman–Crippen LogP) is 3.62. The molecule has 3 aromatic rings. The van der Waals surface area contributed by atoms with Gasteiger partial charge in [-0.2, -0.15) is 9.97 Å². The zero-order valence-electron chi connectivity index (χ0n) is 20.4. The summed E-state index contributed by atoms with van der Waals surface area (Å²) in [5, 5.41) is 0. The van der Waals surface area contributed by atoms with Crippen LogP contribution in [0.25, 0.3) is 16.9 Å². The lowest BCUT2D eigenvalue weighted by molar-refractivity contribution is -0.134. The minimum absolute atomic E-state index is 0.00404. The first kappa shape index (κ1) is 24.4. The number of morpholine rings is 1. The number of halogens is 2. The van der Waals surface area contributed by atoms with Crippen LogP contribution in [0.5, 0.6) is 5.88 Å². The molecule has 2 aromatic heterocycles. The van der Waals surface area contributed by atoms with Crippen LogP contribution in [0.15, 0.2) is 30.3 Å². The summed E-state index contributed by atoms with van der Waals surface area (Å²) in [6.07, 6.45) is -0.00639. The van der Waals surface area contributed by atoms with Crippen molar-refractivity contribution in [2.75, 3.05) is 45.3 Å². The number of hydrogen-bond donors (Lipinski definition) is 0. The Bertz CT molecular complexity index is 1220. The number of imidazole rings is 1. The number of carbonyl (C=O) groups is 1. The first-order valence-corrected chi connectivity index (χ1v) is 12.3. The predicted molar refractivity (Wildman–Crippen MR) is 130 cm³/mol. The van der Waals surface area contributed by atoms with E-state index in [9.17, 15) is 13.6 Å². The van der Waals surface area contributed by atoms with Gasteiger partial charge in [0.05, 0.1) is 24.2 Å². The second kappa shape index (κ2) is 10.3. The molecule has 1 aromatic carbocycles. The maximum absolute atomic E-state index is 14.0. The highest BCUT2D eigenvalue weighted by Gasteiger charge is 2.29. The molecule has 2 aliphatic rings. The SMILES string of the molecule is CN(C)C(=O)C1CCC(Oc2cc(-n3c(C(F)F)nc4ccccc43)nc(N3CCOCC3)n2)CC1. The lowest BCUT2D eigenvalue weighted by atomic mass is 9.86. The van der Waals surface area contributed by atoms with Gasteiger partial charge >= 0.3 is 0 Å². The van der Waals surface area contributed by atoms with Crippen molar-refractivity contribution in [1.29, 1.82) is 0 Å². The average molecular weight is 501 g/mol. The van der Waals surface area contributed by atoms with E-state index in [1.807, 2.05) is 4.90 Å². The van der Waals surface area contributed by atoms with Gasteiger partial charge in [-0.1, -0.05) is 12.1 Å². The molecule has 11 heteroatoms. The quantitative estimate of drug-likeness (QED) is 0.511. The van der Waals surface area contributed by atoms with E-state index in [1.54, 1.807) is 49.3 Å². The van der Waals surface area contributed by atoms with E-state index in [-0.39, 0.29) is 29.6 Å². The van der Waals surface area contributed by atoms with Gasteiger partial charge in [0.25, 0.3) is 6.43 Å². The van der Waals surface area contributed by atoms with Crippen LogP contribution in [0.4, 0.5) is 14.7 Å². The summed E-state index contributed by atoms with van der Waals surface area (Å²) in [6, 6.07) is 8.59. The van der Waals surface area contributed by atoms with Crippen LogP contribution in [0.2, 0.25) is 0 Å². The van der Waals surface area contributed by atoms with Crippen molar-refractivity contribution >= 4 is 22.9 Å². The molecule has 2 fully saturated rings. The van der Waals surface area contributed by atoms with Gasteiger partial charge in [-0.05, 0) is 37.8 Å². The van der Waals surface area contributed by atoms with Crippen molar-refractivity contribution in [2.45, 2.75) is 38.2 Å². The summed E-state index contributed by atoms with van der Waals surface area (Å²) < 4.78 is 41.2. The lowest BCUT2D eigenvalue weighted by Gasteiger charge is -2.30. The number of anilines is 1. The number of aromatic nitrogens is 4. The molecule has 1 aliphatic heterocycles. The van der Waals surface area contributed by atoms with Crippen molar-refractivity contribution in [3.8, 4) is 11.7 Å². The van der Waals surface area contributed by atoms with Crippen molar-refractivity contribution in [3.05, 3.63) is 36.2 Å². The Morgan fingerprint density at radius 1 is 1.08 bits per heavy atom. The number of carbonyl (C=O) groups excluding carboxylic acids is 1. The van der Waals surface area contributed by atoms with Crippen molar-refractivity contribution in [1.82, 2.24) is 24.4 Å². The minimum Gasteiger partial charge on any atom is -0.474 e. The molecule has 1 aliphatic carbocycles. The molecule has 0 radical (unpaired) electrons. The van der Waals surface area contributed by atoms with Crippen LogP contribution in [-0.2, 0) is 9.53 Å². The normalized spacial score (nSPS) is 20.6. The van der Waals surface area contributed by atoms with Gasteiger partial charge in [0.1, 0.15) is 11.9 Å². The third-order valence-electron chi connectivity index (χ3n) is 6.73. The van der Waals surface area contributed by atoms with E-state index in [0.29, 0.717) is 62.0 Å². The summed E-state index contributed by atoms with van der Waals surface area (Å²) in [6.45, 7) is 2.24. The molecule has 9 nitrogen and oxygen atoms in total. The van der Waals surface area contributed by atoms with Gasteiger partial charge in [0.15, 0.2) is 5.82 Å². The minimum atomic E-state index is -2.78. The molecule has 1 saturated carbocycles. The molecule has 1 saturated heterocycles. The highest BCUT2D eigenvalue weighted by Crippen LogP contribution is 2.32. The van der Waals surface area contributed by atoms with Crippen molar-refractivity contribution in [3.63, 3.8) is 0 Å². The van der Waals surface area contributed by atoms with Crippen LogP contribution >= 0.6 is 0 Å². The molecule has 0 N–H and O–H groups in total. The summed E-state index contributed by atoms with van der Waals surface area (Å²) >= 11 is 0. The highest BCUT2D eigenvalue weighted by atomic mass is 19.3. The van der Waals surface area contributed by atoms with E-state index >= 15 is 0 Å². The van der Waals surface area contributed by atoms with Gasteiger partial charge in [-0.3, -0.25) is 9.36 Å². The lowest BCUT2D eigenvalue weighted by Crippen LogP contribution is -2.37. The monoisotopic (exact) mass is 500 g/mol. The molecule has 1 amide bonds. The Labute approximate surface area is 208 Å². The summed E-state index contributed by atoms with van der Waals surface area (Å²) in [4.78, 5) is 29.4. The van der Waals surface area contributed by atoms with Gasteiger partial charge in [-0.25, -0.2) is 13.8 Å². The standard InChI is InChI=1S/C25H30F2N6O3/c1-31(2)24(34)16-7-9-17(10-8-16)36-21-15-20(29-25(30-21)32-11-13-35-14-12-32)33-19-6-4-3-5-18(19)28-23(33)22(26)27/h3-6,15-17,22H,7-14H2,1-2H3. The number of benzene rings is 1. The largest absolute Gasteiger partial charge is 0.474 e. The second-order valence-corrected chi connectivity index (χ2v) is 9.38. The van der Waals surface area contributed by atoms with Crippen LogP contribution in [0.1, 0.15) is 37.9 Å². The third-order valence-corrected chi connectivity index (χ3v) is 6.73. The van der Waals surface area contributed by atoms with Crippen molar-refractivity contribution in [2.24, 2.45) is 5.92 Å². The number of alkyl halides is 2. The summed E-state index contributed by atoms with van der Waals surface area (Å²) in [7, 11) is 3.54. The molecule has 36 heavy (non-hydrogen) atoms. The number of amides is 1. The van der Waals surface area contributed by atoms with E-state index in [4.69, 9.17) is 9.47 Å². The molecule has 0 bridgehead atoms. The average Bonchev–Trinajstić information content (AvgIpc) is 3.29. The molecule has 3 heterocycles. The van der Waals surface area contributed by atoms with Gasteiger partial charge in [-0.15, -0.1) is 0 Å². The Morgan fingerprint density at radius 2 is 1.81 bits per heavy atom. The van der Waals surface area contributed by atoms with E-state index in [0.717, 1.165) is 12.8 Å². The summed E-state index contributed by atoms with van der Waals surface area (Å²) in [5.74, 6) is 0.759. The first-order valence-electron chi connectivity index (χ1n) is 12.3. The Hall–Kier alpha value is -3.34. The molecular weight excluding hydrogens is 470 g/mol. The van der Waals surface area contributed by atoms with Gasteiger partial charge in [0.2, 0.25) is 17.7 Å². The number of para-hydroxylation sites is 2. The maximum Gasteiger partial charge on any atom is 0.296 e. The smallest absolute Gasteiger partial charge is 0.296 e. The molecule has 0 spiro atoms. The van der Waals surface area contributed by atoms with Crippen molar-refractivity contribution < 1.29 is 23.0 Å². The molecular formula is C25H30F2N6O3. The number of hydrogen-bond acceptors (Lipinski definition) is 7. The van der Waals surface area contributed by atoms with Crippen LogP contribution in [-0.4, -0.2) is 76.8 Å². The fraction of sp³-hybridized carbons (Fsp3) is 0.520. The maximum atomic E-state index is 14.0. The van der Waals surface area contributed by atoms with Crippen LogP contribution < -0.4 is 9.64 Å². The third kappa shape index (κ3) is 4.97. The van der Waals surface area contributed by atoms with E-state index in [1.165, 1.54) is 4.57 Å². The van der Waals surface area contributed by atoms with E-state index < -0.39 is 6.43 Å². The Kier molecular flexibility index (Phi) is 6.99. The molecule has 0 unspecified atom stereocenters. The molecule has 0 atom stereocenters. The Morgan fingerprint density at radius 3 is 2.50 bits per heavy atom. The number of rotatable bonds is 6. The zero-order valence-corrected chi connectivity index (χ0v) is 20.4. The van der Waals surface area contributed by atoms with Crippen LogP contribution in [0.3, 0.4) is 0 Å². The fourth-order valence-electron chi connectivity index (χ4n) is 4.88. The number of ether oxygens (including phenoxy) is 2. The summed E-state index contributed by atoms with van der Waals surface area (Å²) in [5.41, 5.74) is 0.999. The van der Waals surface area contributed by atoms with E-state index in [2.05, 4.69) is 15.0 Å². The van der Waals surface area contributed by atoms with Gasteiger partial charge in [0, 0.05) is 39.2 Å². The van der Waals surface area contributed by atoms with Crippen LogP contribution in [0, 0.1) is 5.92 Å². The first-order chi connectivity index (χ1) is 17.4. The highest BCUT2D eigenvalue weighted by molar-refractivity contribution is 5.78. The zero-order chi connectivity index (χ0) is 25.2. The molecule has 5 rings (SSSR count). The fourth-order valence-corrected chi connectivity index (χ4v) is 4.88. The topological polar surface area (TPSA) is 85.6 Å².